The van der Waals surface area contributed by atoms with Crippen LogP contribution in [0, 0.1) is 5.92 Å². The Morgan fingerprint density at radius 1 is 1.26 bits per heavy atom. The molecule has 1 fully saturated rings. The molecule has 0 saturated carbocycles. The van der Waals surface area contributed by atoms with Crippen molar-refractivity contribution in [2.75, 3.05) is 16.8 Å². The van der Waals surface area contributed by atoms with Crippen molar-refractivity contribution in [2.45, 2.75) is 59.0 Å². The first kappa shape index (κ1) is 14.2. The molecular formula is C16H27N3. The van der Waals surface area contributed by atoms with Gasteiger partial charge in [0.25, 0.3) is 0 Å². The van der Waals surface area contributed by atoms with Crippen molar-refractivity contribution in [3.05, 3.63) is 18.2 Å². The summed E-state index contributed by atoms with van der Waals surface area (Å²) in [7, 11) is 0. The fraction of sp³-hybridized carbons (Fsp3) is 0.688. The number of hydrogen-bond donors (Lipinski definition) is 1. The lowest BCUT2D eigenvalue weighted by molar-refractivity contribution is 0.376. The molecule has 0 bridgehead atoms. The lowest BCUT2D eigenvalue weighted by Crippen LogP contribution is -2.40. The summed E-state index contributed by atoms with van der Waals surface area (Å²) in [5.74, 6) is 2.91. The molecule has 19 heavy (non-hydrogen) atoms. The van der Waals surface area contributed by atoms with Gasteiger partial charge in [-0.25, -0.2) is 4.98 Å². The van der Waals surface area contributed by atoms with Gasteiger partial charge < -0.3 is 10.2 Å². The first-order valence-corrected chi connectivity index (χ1v) is 7.37. The van der Waals surface area contributed by atoms with Crippen molar-refractivity contribution in [3.8, 4) is 0 Å². The lowest BCUT2D eigenvalue weighted by Gasteiger charge is -2.37. The van der Waals surface area contributed by atoms with Gasteiger partial charge in [0.1, 0.15) is 11.6 Å². The van der Waals surface area contributed by atoms with Crippen LogP contribution >= 0.6 is 0 Å². The largest absolute Gasteiger partial charge is 0.365 e. The predicted molar refractivity (Wildman–Crippen MR) is 82.8 cm³/mol. The molecule has 0 amide bonds. The van der Waals surface area contributed by atoms with E-state index in [-0.39, 0.29) is 5.54 Å². The summed E-state index contributed by atoms with van der Waals surface area (Å²) in [6, 6.07) is 6.86. The molecule has 2 rings (SSSR count). The fourth-order valence-corrected chi connectivity index (χ4v) is 2.78. The van der Waals surface area contributed by atoms with E-state index < -0.39 is 0 Å². The molecule has 1 aliphatic heterocycles. The molecule has 1 aromatic rings. The lowest BCUT2D eigenvalue weighted by atomic mass is 9.93. The van der Waals surface area contributed by atoms with Crippen LogP contribution in [-0.2, 0) is 0 Å². The standard InChI is InChI=1S/C16H27N3/c1-12-9-10-19(13(2)11-12)15-8-6-7-14(17-15)18-16(3,4)5/h6-8,12-13H,9-11H2,1-5H3,(H,17,18). The zero-order valence-corrected chi connectivity index (χ0v) is 12.9. The third-order valence-electron chi connectivity index (χ3n) is 3.67. The minimum atomic E-state index is 0.0493. The highest BCUT2D eigenvalue weighted by Crippen LogP contribution is 2.27. The normalized spacial score (nSPS) is 24.4. The second kappa shape index (κ2) is 5.40. The number of hydrogen-bond acceptors (Lipinski definition) is 3. The summed E-state index contributed by atoms with van der Waals surface area (Å²) in [5.41, 5.74) is 0.0493. The van der Waals surface area contributed by atoms with Gasteiger partial charge in [0.15, 0.2) is 0 Å². The Labute approximate surface area is 117 Å². The van der Waals surface area contributed by atoms with Crippen LogP contribution in [0.5, 0.6) is 0 Å². The third-order valence-corrected chi connectivity index (χ3v) is 3.67. The van der Waals surface area contributed by atoms with Crippen LogP contribution < -0.4 is 10.2 Å². The highest BCUT2D eigenvalue weighted by Gasteiger charge is 2.24. The molecule has 1 saturated heterocycles. The Bertz CT molecular complexity index is 422. The van der Waals surface area contributed by atoms with Crippen molar-refractivity contribution in [3.63, 3.8) is 0 Å². The molecule has 0 radical (unpaired) electrons. The van der Waals surface area contributed by atoms with E-state index in [4.69, 9.17) is 4.98 Å². The maximum absolute atomic E-state index is 4.77. The molecular weight excluding hydrogens is 234 g/mol. The summed E-state index contributed by atoms with van der Waals surface area (Å²) >= 11 is 0. The molecule has 2 heterocycles. The number of pyridine rings is 1. The number of aromatic nitrogens is 1. The SMILES string of the molecule is CC1CCN(c2cccc(NC(C)(C)C)n2)C(C)C1. The Balaban J connectivity index is 2.14. The first-order chi connectivity index (χ1) is 8.85. The monoisotopic (exact) mass is 261 g/mol. The number of piperidine rings is 1. The van der Waals surface area contributed by atoms with Crippen LogP contribution in [-0.4, -0.2) is 23.1 Å². The van der Waals surface area contributed by atoms with E-state index in [1.54, 1.807) is 0 Å². The highest BCUT2D eigenvalue weighted by molar-refractivity contribution is 5.48. The summed E-state index contributed by atoms with van der Waals surface area (Å²) in [6.45, 7) is 12.3. The minimum absolute atomic E-state index is 0.0493. The highest BCUT2D eigenvalue weighted by atomic mass is 15.2. The van der Waals surface area contributed by atoms with Crippen molar-refractivity contribution >= 4 is 11.6 Å². The maximum Gasteiger partial charge on any atom is 0.131 e. The summed E-state index contributed by atoms with van der Waals surface area (Å²) in [6.07, 6.45) is 2.53. The second-order valence-corrected chi connectivity index (χ2v) is 6.93. The van der Waals surface area contributed by atoms with Gasteiger partial charge in [-0.15, -0.1) is 0 Å². The van der Waals surface area contributed by atoms with Gasteiger partial charge in [-0.1, -0.05) is 13.0 Å². The van der Waals surface area contributed by atoms with E-state index in [1.165, 1.54) is 12.8 Å². The number of nitrogens with zero attached hydrogens (tertiary/aromatic N) is 2. The van der Waals surface area contributed by atoms with Crippen LogP contribution in [0.1, 0.15) is 47.5 Å². The van der Waals surface area contributed by atoms with Gasteiger partial charge in [0.2, 0.25) is 0 Å². The van der Waals surface area contributed by atoms with Crippen LogP contribution in [0.2, 0.25) is 0 Å². The molecule has 3 heteroatoms. The molecule has 1 N–H and O–H groups in total. The van der Waals surface area contributed by atoms with E-state index in [2.05, 4.69) is 57.0 Å². The van der Waals surface area contributed by atoms with E-state index >= 15 is 0 Å². The molecule has 106 valence electrons. The first-order valence-electron chi connectivity index (χ1n) is 7.37. The summed E-state index contributed by atoms with van der Waals surface area (Å²) in [4.78, 5) is 7.21. The smallest absolute Gasteiger partial charge is 0.131 e. The number of anilines is 2. The Morgan fingerprint density at radius 2 is 2.00 bits per heavy atom. The Kier molecular flexibility index (Phi) is 4.02. The molecule has 0 aromatic carbocycles. The van der Waals surface area contributed by atoms with E-state index in [9.17, 15) is 0 Å². The van der Waals surface area contributed by atoms with Crippen molar-refractivity contribution in [2.24, 2.45) is 5.92 Å². The maximum atomic E-state index is 4.77. The minimum Gasteiger partial charge on any atom is -0.365 e. The molecule has 0 spiro atoms. The van der Waals surface area contributed by atoms with Crippen LogP contribution in [0.3, 0.4) is 0 Å². The fourth-order valence-electron chi connectivity index (χ4n) is 2.78. The van der Waals surface area contributed by atoms with Gasteiger partial charge >= 0.3 is 0 Å². The van der Waals surface area contributed by atoms with Crippen molar-refractivity contribution < 1.29 is 0 Å². The van der Waals surface area contributed by atoms with Crippen molar-refractivity contribution in [1.29, 1.82) is 0 Å². The van der Waals surface area contributed by atoms with Gasteiger partial charge in [-0.2, -0.15) is 0 Å². The molecule has 0 aliphatic carbocycles. The van der Waals surface area contributed by atoms with Crippen molar-refractivity contribution in [1.82, 2.24) is 4.98 Å². The number of nitrogens with one attached hydrogen (secondary N) is 1. The van der Waals surface area contributed by atoms with Gasteiger partial charge in [0, 0.05) is 18.1 Å². The average molecular weight is 261 g/mol. The second-order valence-electron chi connectivity index (χ2n) is 6.93. The van der Waals surface area contributed by atoms with E-state index in [0.29, 0.717) is 6.04 Å². The van der Waals surface area contributed by atoms with Crippen LogP contribution in [0.15, 0.2) is 18.2 Å². The summed E-state index contributed by atoms with van der Waals surface area (Å²) in [5, 5.41) is 3.45. The average Bonchev–Trinajstić information content (AvgIpc) is 2.26. The molecule has 1 aliphatic rings. The molecule has 3 nitrogen and oxygen atoms in total. The zero-order valence-electron chi connectivity index (χ0n) is 12.9. The van der Waals surface area contributed by atoms with Gasteiger partial charge in [-0.3, -0.25) is 0 Å². The predicted octanol–water partition coefficient (Wildman–Crippen LogP) is 3.92. The van der Waals surface area contributed by atoms with Gasteiger partial charge in [-0.05, 0) is 58.6 Å². The number of rotatable bonds is 2. The Hall–Kier alpha value is -1.25. The van der Waals surface area contributed by atoms with Crippen LogP contribution in [0.4, 0.5) is 11.6 Å². The topological polar surface area (TPSA) is 28.2 Å². The Morgan fingerprint density at radius 3 is 2.63 bits per heavy atom. The molecule has 2 atom stereocenters. The quantitative estimate of drug-likeness (QED) is 0.874. The zero-order chi connectivity index (χ0) is 14.0. The van der Waals surface area contributed by atoms with E-state index in [0.717, 1.165) is 24.1 Å². The van der Waals surface area contributed by atoms with Gasteiger partial charge in [0.05, 0.1) is 0 Å². The third kappa shape index (κ3) is 3.85. The molecule has 1 aromatic heterocycles. The molecule has 2 unspecified atom stereocenters. The summed E-state index contributed by atoms with van der Waals surface area (Å²) < 4.78 is 0. The van der Waals surface area contributed by atoms with Crippen LogP contribution in [0.25, 0.3) is 0 Å². The van der Waals surface area contributed by atoms with E-state index in [1.807, 2.05) is 6.07 Å².